The Morgan fingerprint density at radius 1 is 1.22 bits per heavy atom. The zero-order chi connectivity index (χ0) is 13.6. The van der Waals surface area contributed by atoms with Crippen molar-refractivity contribution in [3.05, 3.63) is 40.2 Å². The van der Waals surface area contributed by atoms with Crippen LogP contribution in [-0.2, 0) is 5.41 Å². The van der Waals surface area contributed by atoms with Crippen molar-refractivity contribution >= 4 is 23.2 Å². The van der Waals surface area contributed by atoms with E-state index in [2.05, 4.69) is 11.6 Å². The van der Waals surface area contributed by atoms with Gasteiger partial charge in [0.25, 0.3) is 0 Å². The van der Waals surface area contributed by atoms with Crippen molar-refractivity contribution in [1.29, 1.82) is 0 Å². The van der Waals surface area contributed by atoms with Crippen molar-refractivity contribution in [3.8, 4) is 0 Å². The average molecular weight is 296 g/mol. The maximum absolute atomic E-state index is 13.4. The van der Waals surface area contributed by atoms with Gasteiger partial charge in [0.05, 0.1) is 5.41 Å². The first-order valence-electron chi connectivity index (χ1n) is 5.31. The molecule has 1 aliphatic carbocycles. The molecule has 6 heteroatoms. The van der Waals surface area contributed by atoms with Gasteiger partial charge in [-0.2, -0.15) is 13.2 Å². The molecule has 18 heavy (non-hydrogen) atoms. The average Bonchev–Trinajstić information content (AvgIpc) is 2.59. The summed E-state index contributed by atoms with van der Waals surface area (Å²) in [5, 5.41) is -0.0581. The van der Waals surface area contributed by atoms with Crippen LogP contribution in [0.1, 0.15) is 24.8 Å². The minimum Gasteiger partial charge on any atom is -0.224 e. The second-order valence-electron chi connectivity index (χ2n) is 4.51. The molecular formula is C12H10Cl2F3N. The third kappa shape index (κ3) is 2.24. The number of allylic oxidation sites excluding steroid dienone is 1. The third-order valence-electron chi connectivity index (χ3n) is 3.32. The van der Waals surface area contributed by atoms with Crippen LogP contribution in [0.2, 0.25) is 10.3 Å². The van der Waals surface area contributed by atoms with Crippen molar-refractivity contribution in [1.82, 2.24) is 4.98 Å². The highest BCUT2D eigenvalue weighted by molar-refractivity contribution is 6.32. The second-order valence-corrected chi connectivity index (χ2v) is 5.28. The number of pyridine rings is 1. The molecule has 0 spiro atoms. The van der Waals surface area contributed by atoms with E-state index in [-0.39, 0.29) is 28.7 Å². The summed E-state index contributed by atoms with van der Waals surface area (Å²) >= 11 is 11.4. The molecule has 0 bridgehead atoms. The van der Waals surface area contributed by atoms with Crippen LogP contribution in [0.15, 0.2) is 24.3 Å². The molecule has 0 aromatic carbocycles. The minimum atomic E-state index is -4.36. The summed E-state index contributed by atoms with van der Waals surface area (Å²) in [6.45, 7) is 3.65. The van der Waals surface area contributed by atoms with E-state index in [0.29, 0.717) is 12.0 Å². The Balaban J connectivity index is 2.57. The van der Waals surface area contributed by atoms with Gasteiger partial charge in [0.2, 0.25) is 0 Å². The Morgan fingerprint density at radius 3 is 2.17 bits per heavy atom. The van der Waals surface area contributed by atoms with E-state index in [1.54, 1.807) is 0 Å². The molecule has 0 saturated heterocycles. The fourth-order valence-electron chi connectivity index (χ4n) is 2.39. The van der Waals surface area contributed by atoms with Gasteiger partial charge in [-0.3, -0.25) is 0 Å². The third-order valence-corrected chi connectivity index (χ3v) is 3.70. The largest absolute Gasteiger partial charge is 0.398 e. The molecule has 0 radical (unpaired) electrons. The first-order chi connectivity index (χ1) is 8.24. The molecule has 1 saturated carbocycles. The van der Waals surface area contributed by atoms with Gasteiger partial charge < -0.3 is 0 Å². The van der Waals surface area contributed by atoms with Crippen molar-refractivity contribution in [2.24, 2.45) is 0 Å². The molecule has 0 amide bonds. The Hall–Kier alpha value is -0.740. The van der Waals surface area contributed by atoms with Gasteiger partial charge in [-0.1, -0.05) is 35.4 Å². The number of hydrogen-bond acceptors (Lipinski definition) is 1. The summed E-state index contributed by atoms with van der Waals surface area (Å²) in [6.07, 6.45) is -4.14. The van der Waals surface area contributed by atoms with Gasteiger partial charge in [0.1, 0.15) is 10.3 Å². The number of rotatable bonds is 1. The van der Waals surface area contributed by atoms with Crippen molar-refractivity contribution in [2.75, 3.05) is 0 Å². The molecule has 2 rings (SSSR count). The first-order valence-corrected chi connectivity index (χ1v) is 6.07. The highest BCUT2D eigenvalue weighted by Crippen LogP contribution is 2.53. The van der Waals surface area contributed by atoms with Crippen molar-refractivity contribution in [2.45, 2.75) is 30.9 Å². The van der Waals surface area contributed by atoms with Crippen LogP contribution in [0.4, 0.5) is 13.2 Å². The lowest BCUT2D eigenvalue weighted by Crippen LogP contribution is -2.39. The fourth-order valence-corrected chi connectivity index (χ4v) is 2.85. The van der Waals surface area contributed by atoms with Crippen LogP contribution >= 0.6 is 23.2 Å². The molecule has 0 aliphatic heterocycles. The summed E-state index contributed by atoms with van der Waals surface area (Å²) in [5.74, 6) is 0. The highest BCUT2D eigenvalue weighted by Gasteiger charge is 2.57. The van der Waals surface area contributed by atoms with Gasteiger partial charge >= 0.3 is 6.18 Å². The number of hydrogen-bond donors (Lipinski definition) is 0. The zero-order valence-corrected chi connectivity index (χ0v) is 10.8. The van der Waals surface area contributed by atoms with Gasteiger partial charge in [0, 0.05) is 0 Å². The van der Waals surface area contributed by atoms with Crippen LogP contribution in [0, 0.1) is 0 Å². The van der Waals surface area contributed by atoms with Crippen LogP contribution in [0.25, 0.3) is 0 Å². The maximum atomic E-state index is 13.4. The summed E-state index contributed by atoms with van der Waals surface area (Å²) in [4.78, 5) is 3.68. The van der Waals surface area contributed by atoms with E-state index >= 15 is 0 Å². The molecule has 1 atom stereocenters. The van der Waals surface area contributed by atoms with Gasteiger partial charge in [-0.25, -0.2) is 4.98 Å². The number of nitrogens with zero attached hydrogens (tertiary/aromatic N) is 1. The topological polar surface area (TPSA) is 12.9 Å². The smallest absolute Gasteiger partial charge is 0.224 e. The molecule has 1 fully saturated rings. The molecule has 98 valence electrons. The Labute approximate surface area is 113 Å². The number of alkyl halides is 3. The Bertz CT molecular complexity index is 478. The van der Waals surface area contributed by atoms with Crippen LogP contribution in [0.5, 0.6) is 0 Å². The van der Waals surface area contributed by atoms with E-state index in [1.165, 1.54) is 12.1 Å². The molecule has 1 nitrogen and oxygen atoms in total. The fraction of sp³-hybridized carbons (Fsp3) is 0.417. The minimum absolute atomic E-state index is 0.0218. The molecule has 1 aromatic rings. The lowest BCUT2D eigenvalue weighted by Gasteiger charge is -2.32. The number of halogens is 5. The van der Waals surface area contributed by atoms with Crippen LogP contribution < -0.4 is 0 Å². The predicted molar refractivity (Wildman–Crippen MR) is 65.0 cm³/mol. The van der Waals surface area contributed by atoms with E-state index in [9.17, 15) is 13.2 Å². The predicted octanol–water partition coefficient (Wildman–Crippen LogP) is 4.93. The lowest BCUT2D eigenvalue weighted by molar-refractivity contribution is -0.188. The summed E-state index contributed by atoms with van der Waals surface area (Å²) in [6, 6.07) is 2.47. The Kier molecular flexibility index (Phi) is 3.36. The normalized spacial score (nSPS) is 24.6. The summed E-state index contributed by atoms with van der Waals surface area (Å²) < 4.78 is 40.2. The number of aromatic nitrogens is 1. The Morgan fingerprint density at radius 2 is 1.78 bits per heavy atom. The van der Waals surface area contributed by atoms with Gasteiger partial charge in [-0.15, -0.1) is 0 Å². The van der Waals surface area contributed by atoms with E-state index in [0.717, 1.165) is 0 Å². The molecular weight excluding hydrogens is 286 g/mol. The van der Waals surface area contributed by atoms with Gasteiger partial charge in [-0.05, 0) is 37.0 Å². The molecule has 1 heterocycles. The monoisotopic (exact) mass is 295 g/mol. The quantitative estimate of drug-likeness (QED) is 0.529. The zero-order valence-electron chi connectivity index (χ0n) is 9.32. The van der Waals surface area contributed by atoms with Crippen molar-refractivity contribution < 1.29 is 13.2 Å². The SMILES string of the molecule is C=C1CCC(c2cc(Cl)nc(Cl)c2)(C(F)(F)F)C1. The first kappa shape index (κ1) is 13.7. The second kappa shape index (κ2) is 4.42. The standard InChI is InChI=1S/C12H10Cl2F3N/c1-7-2-3-11(6-7,12(15,16)17)8-4-9(13)18-10(14)5-8/h4-5H,1-3,6H2. The molecule has 1 unspecified atom stereocenters. The van der Waals surface area contributed by atoms with Crippen LogP contribution in [-0.4, -0.2) is 11.2 Å². The van der Waals surface area contributed by atoms with Gasteiger partial charge in [0.15, 0.2) is 0 Å². The highest BCUT2D eigenvalue weighted by atomic mass is 35.5. The lowest BCUT2D eigenvalue weighted by atomic mass is 9.78. The molecule has 1 aromatic heterocycles. The van der Waals surface area contributed by atoms with Crippen molar-refractivity contribution in [3.63, 3.8) is 0 Å². The molecule has 1 aliphatic rings. The van der Waals surface area contributed by atoms with E-state index in [1.807, 2.05) is 0 Å². The van der Waals surface area contributed by atoms with Crippen LogP contribution in [0.3, 0.4) is 0 Å². The maximum Gasteiger partial charge on any atom is 0.398 e. The summed E-state index contributed by atoms with van der Waals surface area (Å²) in [7, 11) is 0. The van der Waals surface area contributed by atoms with E-state index < -0.39 is 11.6 Å². The summed E-state index contributed by atoms with van der Waals surface area (Å²) in [5.41, 5.74) is -1.27. The molecule has 0 N–H and O–H groups in total. The van der Waals surface area contributed by atoms with E-state index in [4.69, 9.17) is 23.2 Å².